The Labute approximate surface area is 120 Å². The zero-order chi connectivity index (χ0) is 14.7. The van der Waals surface area contributed by atoms with Crippen molar-refractivity contribution in [3.63, 3.8) is 0 Å². The number of fused-ring (bicyclic) bond motifs is 1. The number of rotatable bonds is 5. The Hall–Kier alpha value is -1.90. The zero-order valence-corrected chi connectivity index (χ0v) is 12.3. The van der Waals surface area contributed by atoms with Gasteiger partial charge in [-0.1, -0.05) is 51.5 Å². The largest absolute Gasteiger partial charge is 0.352 e. The third kappa shape index (κ3) is 2.53. The Morgan fingerprint density at radius 1 is 1.20 bits per heavy atom. The summed E-state index contributed by atoms with van der Waals surface area (Å²) in [6.07, 6.45) is 1.95. The van der Waals surface area contributed by atoms with E-state index in [2.05, 4.69) is 12.2 Å². The second-order valence-corrected chi connectivity index (χ2v) is 5.43. The number of nitrogens with one attached hydrogen (secondary N) is 1. The molecule has 0 saturated heterocycles. The summed E-state index contributed by atoms with van der Waals surface area (Å²) in [7, 11) is 0. The highest BCUT2D eigenvalue weighted by molar-refractivity contribution is 6.34. The predicted octanol–water partition coefficient (Wildman–Crippen LogP) is 3.21. The molecular weight excluding hydrogens is 250 g/mol. The molecule has 1 aliphatic rings. The molecule has 3 nitrogen and oxygen atoms in total. The van der Waals surface area contributed by atoms with Crippen molar-refractivity contribution in [2.24, 2.45) is 5.92 Å². The van der Waals surface area contributed by atoms with Crippen LogP contribution in [0.25, 0.3) is 5.57 Å². The van der Waals surface area contributed by atoms with Gasteiger partial charge in [-0.2, -0.15) is 0 Å². The highest BCUT2D eigenvalue weighted by atomic mass is 16.2. The van der Waals surface area contributed by atoms with Gasteiger partial charge in [0.05, 0.1) is 5.57 Å². The molecule has 0 fully saturated rings. The summed E-state index contributed by atoms with van der Waals surface area (Å²) >= 11 is 0. The smallest absolute Gasteiger partial charge is 0.255 e. The average molecular weight is 271 g/mol. The molecule has 1 aromatic rings. The first-order chi connectivity index (χ1) is 9.57. The number of Topliss-reactive ketones (excluding diaryl/α,β-unsaturated/α-hetero) is 1. The number of hydrogen-bond donors (Lipinski definition) is 1. The van der Waals surface area contributed by atoms with Gasteiger partial charge in [-0.05, 0) is 23.5 Å². The van der Waals surface area contributed by atoms with E-state index in [0.29, 0.717) is 17.7 Å². The molecule has 0 aliphatic heterocycles. The summed E-state index contributed by atoms with van der Waals surface area (Å²) in [5.74, 6) is -0.226. The van der Waals surface area contributed by atoms with Crippen LogP contribution < -0.4 is 5.32 Å². The lowest BCUT2D eigenvalue weighted by Gasteiger charge is -2.11. The lowest BCUT2D eigenvalue weighted by Crippen LogP contribution is -2.29. The number of hydrogen-bond acceptors (Lipinski definition) is 2. The van der Waals surface area contributed by atoms with Crippen molar-refractivity contribution in [3.05, 3.63) is 41.0 Å². The molecule has 20 heavy (non-hydrogen) atoms. The van der Waals surface area contributed by atoms with Crippen LogP contribution in [-0.4, -0.2) is 18.2 Å². The molecule has 0 atom stereocenters. The topological polar surface area (TPSA) is 46.2 Å². The fourth-order valence-corrected chi connectivity index (χ4v) is 2.60. The molecule has 3 heteroatoms. The minimum atomic E-state index is -0.233. The van der Waals surface area contributed by atoms with Crippen LogP contribution in [0.4, 0.5) is 0 Å². The molecule has 1 N–H and O–H groups in total. The molecule has 1 amide bonds. The van der Waals surface area contributed by atoms with E-state index >= 15 is 0 Å². The van der Waals surface area contributed by atoms with Crippen molar-refractivity contribution in [1.29, 1.82) is 0 Å². The Morgan fingerprint density at radius 2 is 1.85 bits per heavy atom. The van der Waals surface area contributed by atoms with Crippen molar-refractivity contribution in [2.45, 2.75) is 33.6 Å². The molecule has 1 aromatic carbocycles. The third-order valence-corrected chi connectivity index (χ3v) is 3.58. The summed E-state index contributed by atoms with van der Waals surface area (Å²) in [4.78, 5) is 24.8. The van der Waals surface area contributed by atoms with Gasteiger partial charge >= 0.3 is 0 Å². The number of carbonyl (C=O) groups excluding carboxylic acids is 2. The van der Waals surface area contributed by atoms with E-state index in [0.717, 1.165) is 24.0 Å². The first kappa shape index (κ1) is 14.5. The fraction of sp³-hybridized carbons (Fsp3) is 0.412. The van der Waals surface area contributed by atoms with Gasteiger partial charge in [0, 0.05) is 12.1 Å². The van der Waals surface area contributed by atoms with Crippen LogP contribution in [0.1, 0.15) is 49.5 Å². The monoisotopic (exact) mass is 271 g/mol. The van der Waals surface area contributed by atoms with E-state index < -0.39 is 0 Å². The average Bonchev–Trinajstić information content (AvgIpc) is 2.73. The van der Waals surface area contributed by atoms with Crippen molar-refractivity contribution >= 4 is 17.3 Å². The van der Waals surface area contributed by atoms with Gasteiger partial charge in [0.25, 0.3) is 5.91 Å². The highest BCUT2D eigenvalue weighted by Gasteiger charge is 2.34. The Balaban J connectivity index is 2.37. The zero-order valence-electron chi connectivity index (χ0n) is 12.3. The van der Waals surface area contributed by atoms with Crippen molar-refractivity contribution in [3.8, 4) is 0 Å². The maximum Gasteiger partial charge on any atom is 0.255 e. The van der Waals surface area contributed by atoms with Crippen LogP contribution in [0.5, 0.6) is 0 Å². The molecule has 1 aliphatic carbocycles. The van der Waals surface area contributed by atoms with Crippen LogP contribution in [0.2, 0.25) is 0 Å². The number of carbonyl (C=O) groups is 2. The summed E-state index contributed by atoms with van der Waals surface area (Å²) in [5, 5.41) is 2.86. The maximum atomic E-state index is 12.5. The standard InChI is InChI=1S/C17H21NO2/c1-4-5-10-18-17(20)15-14(11(2)3)12-8-6-7-9-13(12)16(15)19/h6-9,11H,4-5,10H2,1-3H3,(H,18,20). The van der Waals surface area contributed by atoms with Gasteiger partial charge in [0.2, 0.25) is 0 Å². The van der Waals surface area contributed by atoms with E-state index in [9.17, 15) is 9.59 Å². The normalized spacial score (nSPS) is 13.9. The van der Waals surface area contributed by atoms with Crippen LogP contribution >= 0.6 is 0 Å². The van der Waals surface area contributed by atoms with Crippen LogP contribution in [0.3, 0.4) is 0 Å². The number of ketones is 1. The molecule has 106 valence electrons. The van der Waals surface area contributed by atoms with Gasteiger partial charge in [0.15, 0.2) is 5.78 Å². The number of unbranched alkanes of at least 4 members (excludes halogenated alkanes) is 1. The van der Waals surface area contributed by atoms with Gasteiger partial charge in [0.1, 0.15) is 0 Å². The second-order valence-electron chi connectivity index (χ2n) is 5.43. The molecule has 0 aromatic heterocycles. The Kier molecular flexibility index (Phi) is 4.38. The van der Waals surface area contributed by atoms with Crippen molar-refractivity contribution in [2.75, 3.05) is 6.54 Å². The molecular formula is C17H21NO2. The number of benzene rings is 1. The van der Waals surface area contributed by atoms with Crippen molar-refractivity contribution < 1.29 is 9.59 Å². The maximum absolute atomic E-state index is 12.5. The highest BCUT2D eigenvalue weighted by Crippen LogP contribution is 2.37. The molecule has 0 saturated carbocycles. The molecule has 0 spiro atoms. The third-order valence-electron chi connectivity index (χ3n) is 3.58. The van der Waals surface area contributed by atoms with E-state index in [4.69, 9.17) is 0 Å². The first-order valence-electron chi connectivity index (χ1n) is 7.24. The number of allylic oxidation sites excluding steroid dienone is 1. The Bertz CT molecular complexity index is 570. The quantitative estimate of drug-likeness (QED) is 0.660. The van der Waals surface area contributed by atoms with E-state index in [1.807, 2.05) is 32.0 Å². The van der Waals surface area contributed by atoms with Gasteiger partial charge in [-0.25, -0.2) is 0 Å². The second kappa shape index (κ2) is 6.04. The Morgan fingerprint density at radius 3 is 2.45 bits per heavy atom. The SMILES string of the molecule is CCCCNC(=O)C1=C(C(C)C)c2ccccc2C1=O. The minimum Gasteiger partial charge on any atom is -0.352 e. The first-order valence-corrected chi connectivity index (χ1v) is 7.24. The molecule has 0 unspecified atom stereocenters. The van der Waals surface area contributed by atoms with Gasteiger partial charge in [-0.3, -0.25) is 9.59 Å². The lowest BCUT2D eigenvalue weighted by atomic mass is 9.94. The van der Waals surface area contributed by atoms with Crippen LogP contribution in [-0.2, 0) is 4.79 Å². The molecule has 0 bridgehead atoms. The summed E-state index contributed by atoms with van der Waals surface area (Å²) < 4.78 is 0. The fourth-order valence-electron chi connectivity index (χ4n) is 2.60. The van der Waals surface area contributed by atoms with Gasteiger partial charge < -0.3 is 5.32 Å². The van der Waals surface area contributed by atoms with Crippen molar-refractivity contribution in [1.82, 2.24) is 5.32 Å². The summed E-state index contributed by atoms with van der Waals surface area (Å²) in [5.41, 5.74) is 2.77. The van der Waals surface area contributed by atoms with Gasteiger partial charge in [-0.15, -0.1) is 0 Å². The lowest BCUT2D eigenvalue weighted by molar-refractivity contribution is -0.117. The number of amides is 1. The minimum absolute atomic E-state index is 0.140. The van der Waals surface area contributed by atoms with Crippen LogP contribution in [0, 0.1) is 5.92 Å². The van der Waals surface area contributed by atoms with Crippen LogP contribution in [0.15, 0.2) is 29.8 Å². The molecule has 0 heterocycles. The predicted molar refractivity (Wildman–Crippen MR) is 80.4 cm³/mol. The molecule has 2 rings (SSSR count). The summed E-state index contributed by atoms with van der Waals surface area (Å²) in [6.45, 7) is 6.73. The van der Waals surface area contributed by atoms with E-state index in [-0.39, 0.29) is 17.6 Å². The van der Waals surface area contributed by atoms with E-state index in [1.165, 1.54) is 0 Å². The summed E-state index contributed by atoms with van der Waals surface area (Å²) in [6, 6.07) is 7.47. The molecule has 0 radical (unpaired) electrons. The van der Waals surface area contributed by atoms with E-state index in [1.54, 1.807) is 6.07 Å².